The Balaban J connectivity index is -0.000000187. The predicted molar refractivity (Wildman–Crippen MR) is 58.6 cm³/mol. The van der Waals surface area contributed by atoms with Crippen LogP contribution in [0.4, 0.5) is 0 Å². The number of quaternary nitrogens is 1. The molecule has 0 saturated heterocycles. The van der Waals surface area contributed by atoms with Crippen LogP contribution in [0.15, 0.2) is 12.2 Å². The molecule has 0 heterocycles. The van der Waals surface area contributed by atoms with Gasteiger partial charge in [0.25, 0.3) is 0 Å². The van der Waals surface area contributed by atoms with Gasteiger partial charge in [0.1, 0.15) is 0 Å². The fraction of sp³-hybridized carbons (Fsp3) is 0.700. The van der Waals surface area contributed by atoms with E-state index < -0.39 is 5.91 Å². The summed E-state index contributed by atoms with van der Waals surface area (Å²) in [5, 5.41) is 8.42. The molecule has 0 unspecified atom stereocenters. The summed E-state index contributed by atoms with van der Waals surface area (Å²) >= 11 is 0. The number of primary amides is 1. The van der Waals surface area contributed by atoms with Gasteiger partial charge in [0.15, 0.2) is 0 Å². The van der Waals surface area contributed by atoms with Gasteiger partial charge in [0.05, 0.1) is 27.7 Å². The summed E-state index contributed by atoms with van der Waals surface area (Å²) in [6.07, 6.45) is 0.906. The third-order valence-electron chi connectivity index (χ3n) is 1.41. The minimum absolute atomic E-state index is 0. The first-order chi connectivity index (χ1) is 6.20. The van der Waals surface area contributed by atoms with Crippen molar-refractivity contribution in [2.45, 2.75) is 13.3 Å². The Morgan fingerprint density at radius 3 is 1.80 bits per heavy atom. The van der Waals surface area contributed by atoms with Crippen LogP contribution in [-0.2, 0) is 4.79 Å². The standard InChI is InChI=1S/C6H16NO.C4H7NO.ClH/c1-7(2,3)5-4-6-8;1-3(2)4(5)6;/h8H,4-6H2,1-3H3;1H2,2H3,(H2,5,6);1H/q+1;;/p-1. The number of amides is 1. The molecule has 0 aliphatic carbocycles. The number of rotatable bonds is 4. The lowest BCUT2D eigenvalue weighted by atomic mass is 10.3. The third-order valence-corrected chi connectivity index (χ3v) is 1.41. The van der Waals surface area contributed by atoms with Gasteiger partial charge in [0, 0.05) is 18.6 Å². The van der Waals surface area contributed by atoms with E-state index in [9.17, 15) is 4.79 Å². The van der Waals surface area contributed by atoms with Crippen molar-refractivity contribution in [2.75, 3.05) is 34.3 Å². The summed E-state index contributed by atoms with van der Waals surface area (Å²) in [6.45, 7) is 6.22. The molecule has 3 N–H and O–H groups in total. The Labute approximate surface area is 98.8 Å². The maximum Gasteiger partial charge on any atom is 0.243 e. The molecule has 0 saturated carbocycles. The molecule has 0 aromatic heterocycles. The number of aliphatic hydroxyl groups is 1. The minimum Gasteiger partial charge on any atom is -1.00 e. The van der Waals surface area contributed by atoms with Crippen molar-refractivity contribution in [2.24, 2.45) is 5.73 Å². The van der Waals surface area contributed by atoms with Crippen molar-refractivity contribution in [1.29, 1.82) is 0 Å². The smallest absolute Gasteiger partial charge is 0.243 e. The predicted octanol–water partition coefficient (Wildman–Crippen LogP) is -2.87. The zero-order valence-corrected chi connectivity index (χ0v) is 10.8. The quantitative estimate of drug-likeness (QED) is 0.409. The molecule has 5 heteroatoms. The van der Waals surface area contributed by atoms with Gasteiger partial charge in [-0.25, -0.2) is 0 Å². The van der Waals surface area contributed by atoms with Gasteiger partial charge < -0.3 is 27.7 Å². The second kappa shape index (κ2) is 9.96. The van der Waals surface area contributed by atoms with Crippen molar-refractivity contribution in [3.05, 3.63) is 12.2 Å². The average Bonchev–Trinajstić information content (AvgIpc) is 2.00. The lowest BCUT2D eigenvalue weighted by Crippen LogP contribution is -3.00. The molecule has 4 nitrogen and oxygen atoms in total. The SMILES string of the molecule is C=C(C)C(N)=O.C[N+](C)(C)CCCO.[Cl-]. The fourth-order valence-corrected chi connectivity index (χ4v) is 0.545. The van der Waals surface area contributed by atoms with Crippen LogP contribution in [0.25, 0.3) is 0 Å². The molecule has 1 amide bonds. The topological polar surface area (TPSA) is 63.3 Å². The van der Waals surface area contributed by atoms with Crippen LogP contribution in [0.2, 0.25) is 0 Å². The van der Waals surface area contributed by atoms with Crippen molar-refractivity contribution in [3.8, 4) is 0 Å². The Morgan fingerprint density at radius 1 is 1.40 bits per heavy atom. The average molecular weight is 239 g/mol. The van der Waals surface area contributed by atoms with Crippen LogP contribution in [-0.4, -0.2) is 49.8 Å². The van der Waals surface area contributed by atoms with E-state index in [2.05, 4.69) is 27.7 Å². The number of carbonyl (C=O) groups is 1. The zero-order valence-electron chi connectivity index (χ0n) is 10.1. The van der Waals surface area contributed by atoms with E-state index in [1.165, 1.54) is 0 Å². The van der Waals surface area contributed by atoms with E-state index >= 15 is 0 Å². The van der Waals surface area contributed by atoms with E-state index in [4.69, 9.17) is 10.8 Å². The van der Waals surface area contributed by atoms with Crippen LogP contribution in [0.1, 0.15) is 13.3 Å². The normalized spacial score (nSPS) is 9.40. The molecule has 0 aliphatic rings. The molecule has 0 rings (SSSR count). The highest BCUT2D eigenvalue weighted by atomic mass is 35.5. The number of halogens is 1. The van der Waals surface area contributed by atoms with E-state index in [0.29, 0.717) is 12.2 Å². The monoisotopic (exact) mass is 238 g/mol. The van der Waals surface area contributed by atoms with E-state index in [1.807, 2.05) is 0 Å². The molecule has 0 fully saturated rings. The summed E-state index contributed by atoms with van der Waals surface area (Å²) in [7, 11) is 6.36. The van der Waals surface area contributed by atoms with Crippen molar-refractivity contribution < 1.29 is 26.8 Å². The first-order valence-corrected chi connectivity index (χ1v) is 4.57. The molecule has 0 bridgehead atoms. The molecule has 0 aromatic carbocycles. The number of carbonyl (C=O) groups excluding carboxylic acids is 1. The maximum atomic E-state index is 9.82. The first-order valence-electron chi connectivity index (χ1n) is 4.57. The highest BCUT2D eigenvalue weighted by Gasteiger charge is 2.03. The lowest BCUT2D eigenvalue weighted by molar-refractivity contribution is -0.870. The van der Waals surface area contributed by atoms with Gasteiger partial charge in [-0.1, -0.05) is 6.58 Å². The minimum atomic E-state index is -0.435. The maximum absolute atomic E-state index is 9.82. The second-order valence-corrected chi connectivity index (χ2v) is 4.24. The highest BCUT2D eigenvalue weighted by molar-refractivity contribution is 5.90. The number of nitrogens with two attached hydrogens (primary N) is 1. The molecule has 0 aromatic rings. The molecule has 0 spiro atoms. The zero-order chi connectivity index (χ0) is 11.8. The molecule has 0 aliphatic heterocycles. The number of nitrogens with zero attached hydrogens (tertiary/aromatic N) is 1. The second-order valence-electron chi connectivity index (χ2n) is 4.24. The van der Waals surface area contributed by atoms with Crippen LogP contribution in [0, 0.1) is 0 Å². The molecular formula is C10H23ClN2O2. The molecule has 0 atom stereocenters. The molecular weight excluding hydrogens is 216 g/mol. The Morgan fingerprint density at radius 2 is 1.73 bits per heavy atom. The summed E-state index contributed by atoms with van der Waals surface area (Å²) in [6, 6.07) is 0. The largest absolute Gasteiger partial charge is 1.00 e. The summed E-state index contributed by atoms with van der Waals surface area (Å²) in [5.41, 5.74) is 5.09. The Bertz CT molecular complexity index is 176. The summed E-state index contributed by atoms with van der Waals surface area (Å²) < 4.78 is 0.945. The van der Waals surface area contributed by atoms with Crippen molar-refractivity contribution in [1.82, 2.24) is 0 Å². The number of aliphatic hydroxyl groups excluding tert-OH is 1. The fourth-order valence-electron chi connectivity index (χ4n) is 0.545. The molecule has 92 valence electrons. The Kier molecular flexibility index (Phi) is 13.2. The van der Waals surface area contributed by atoms with Gasteiger partial charge in [-0.3, -0.25) is 4.79 Å². The van der Waals surface area contributed by atoms with Gasteiger partial charge in [-0.15, -0.1) is 0 Å². The van der Waals surface area contributed by atoms with Crippen LogP contribution < -0.4 is 18.1 Å². The van der Waals surface area contributed by atoms with Gasteiger partial charge in [-0.2, -0.15) is 0 Å². The van der Waals surface area contributed by atoms with Crippen LogP contribution in [0.3, 0.4) is 0 Å². The van der Waals surface area contributed by atoms with Crippen molar-refractivity contribution >= 4 is 5.91 Å². The third kappa shape index (κ3) is 24.7. The van der Waals surface area contributed by atoms with Crippen LogP contribution >= 0.6 is 0 Å². The molecule has 15 heavy (non-hydrogen) atoms. The number of hydrogen-bond acceptors (Lipinski definition) is 2. The summed E-state index contributed by atoms with van der Waals surface area (Å²) in [4.78, 5) is 9.82. The van der Waals surface area contributed by atoms with E-state index in [-0.39, 0.29) is 12.4 Å². The van der Waals surface area contributed by atoms with Crippen LogP contribution in [0.5, 0.6) is 0 Å². The Hall–Kier alpha value is -0.580. The van der Waals surface area contributed by atoms with Gasteiger partial charge in [-0.05, 0) is 6.92 Å². The van der Waals surface area contributed by atoms with E-state index in [0.717, 1.165) is 17.4 Å². The van der Waals surface area contributed by atoms with E-state index in [1.54, 1.807) is 6.92 Å². The summed E-state index contributed by atoms with van der Waals surface area (Å²) in [5.74, 6) is -0.435. The highest BCUT2D eigenvalue weighted by Crippen LogP contribution is 1.90. The molecule has 0 radical (unpaired) electrons. The van der Waals surface area contributed by atoms with Gasteiger partial charge >= 0.3 is 0 Å². The number of hydrogen-bond donors (Lipinski definition) is 2. The lowest BCUT2D eigenvalue weighted by Gasteiger charge is -2.22. The first kappa shape index (κ1) is 19.9. The van der Waals surface area contributed by atoms with Gasteiger partial charge in [0.2, 0.25) is 5.91 Å². The van der Waals surface area contributed by atoms with Crippen molar-refractivity contribution in [3.63, 3.8) is 0 Å².